The third-order valence-electron chi connectivity index (χ3n) is 2.83. The molecule has 5 heteroatoms. The Morgan fingerprint density at radius 2 is 2.00 bits per heavy atom. The number of hydrogen-bond acceptors (Lipinski definition) is 4. The minimum Gasteiger partial charge on any atom is -0.377 e. The van der Waals surface area contributed by atoms with Crippen LogP contribution in [0, 0.1) is 0 Å². The molecule has 102 valence electrons. The zero-order chi connectivity index (χ0) is 13.7. The van der Waals surface area contributed by atoms with Crippen molar-refractivity contribution >= 4 is 0 Å². The van der Waals surface area contributed by atoms with E-state index < -0.39 is 0 Å². The van der Waals surface area contributed by atoms with Crippen molar-refractivity contribution < 1.29 is 4.74 Å². The molecule has 1 atom stereocenters. The summed E-state index contributed by atoms with van der Waals surface area (Å²) in [7, 11) is 0. The number of nitrogens with two attached hydrogens (primary N) is 1. The summed E-state index contributed by atoms with van der Waals surface area (Å²) in [5, 5.41) is 4.35. The Morgan fingerprint density at radius 3 is 2.63 bits per heavy atom. The molecule has 2 aromatic rings. The predicted octanol–water partition coefficient (Wildman–Crippen LogP) is 1.80. The quantitative estimate of drug-likeness (QED) is 0.614. The summed E-state index contributed by atoms with van der Waals surface area (Å²) in [5.74, 6) is 5.63. The molecular weight excluding hydrogens is 240 g/mol. The first kappa shape index (κ1) is 13.7. The lowest BCUT2D eigenvalue weighted by Gasteiger charge is -2.19. The molecule has 0 bridgehead atoms. The van der Waals surface area contributed by atoms with Crippen LogP contribution >= 0.6 is 0 Å². The SMILES string of the molecule is CC(C)OCC(NN)c1ccnn1-c1ccccc1. The number of hydrogen-bond donors (Lipinski definition) is 2. The minimum atomic E-state index is -0.0925. The molecule has 1 unspecified atom stereocenters. The minimum absolute atomic E-state index is 0.0925. The van der Waals surface area contributed by atoms with Gasteiger partial charge in [0.05, 0.1) is 30.1 Å². The van der Waals surface area contributed by atoms with Gasteiger partial charge in [0.25, 0.3) is 0 Å². The molecule has 0 fully saturated rings. The summed E-state index contributed by atoms with van der Waals surface area (Å²) in [6.45, 7) is 4.51. The largest absolute Gasteiger partial charge is 0.377 e. The fourth-order valence-corrected chi connectivity index (χ4v) is 1.87. The molecule has 3 N–H and O–H groups in total. The van der Waals surface area contributed by atoms with E-state index in [0.717, 1.165) is 11.4 Å². The third kappa shape index (κ3) is 3.41. The standard InChI is InChI=1S/C14H20N4O/c1-11(2)19-10-13(17-15)14-8-9-16-18(14)12-6-4-3-5-7-12/h3-9,11,13,17H,10,15H2,1-2H3. The first-order valence-electron chi connectivity index (χ1n) is 6.39. The van der Waals surface area contributed by atoms with Gasteiger partial charge >= 0.3 is 0 Å². The normalized spacial score (nSPS) is 12.8. The topological polar surface area (TPSA) is 65.1 Å². The van der Waals surface area contributed by atoms with Crippen LogP contribution in [0.2, 0.25) is 0 Å². The Morgan fingerprint density at radius 1 is 1.26 bits per heavy atom. The van der Waals surface area contributed by atoms with Gasteiger partial charge in [0.2, 0.25) is 0 Å². The molecule has 0 spiro atoms. The molecule has 5 nitrogen and oxygen atoms in total. The van der Waals surface area contributed by atoms with Crippen LogP contribution < -0.4 is 11.3 Å². The highest BCUT2D eigenvalue weighted by Gasteiger charge is 2.16. The summed E-state index contributed by atoms with van der Waals surface area (Å²) in [4.78, 5) is 0. The fraction of sp³-hybridized carbons (Fsp3) is 0.357. The molecule has 0 saturated carbocycles. The second-order valence-corrected chi connectivity index (χ2v) is 4.60. The maximum Gasteiger partial charge on any atom is 0.0866 e. The lowest BCUT2D eigenvalue weighted by atomic mass is 10.2. The number of para-hydroxylation sites is 1. The van der Waals surface area contributed by atoms with E-state index in [1.807, 2.05) is 54.9 Å². The van der Waals surface area contributed by atoms with E-state index in [0.29, 0.717) is 6.61 Å². The Kier molecular flexibility index (Phi) is 4.68. The van der Waals surface area contributed by atoms with Gasteiger partial charge in [0, 0.05) is 6.20 Å². The van der Waals surface area contributed by atoms with Crippen molar-refractivity contribution in [2.45, 2.75) is 26.0 Å². The van der Waals surface area contributed by atoms with E-state index in [9.17, 15) is 0 Å². The Hall–Kier alpha value is -1.69. The van der Waals surface area contributed by atoms with Crippen molar-refractivity contribution in [3.63, 3.8) is 0 Å². The van der Waals surface area contributed by atoms with Crippen LogP contribution in [0.4, 0.5) is 0 Å². The van der Waals surface area contributed by atoms with Crippen molar-refractivity contribution in [3.05, 3.63) is 48.3 Å². The monoisotopic (exact) mass is 260 g/mol. The predicted molar refractivity (Wildman–Crippen MR) is 74.7 cm³/mol. The highest BCUT2D eigenvalue weighted by Crippen LogP contribution is 2.17. The summed E-state index contributed by atoms with van der Waals surface area (Å²) in [5.41, 5.74) is 4.77. The molecular formula is C14H20N4O. The van der Waals surface area contributed by atoms with Crippen LogP contribution in [0.25, 0.3) is 5.69 Å². The Labute approximate surface area is 113 Å². The van der Waals surface area contributed by atoms with E-state index in [1.54, 1.807) is 6.20 Å². The molecule has 0 saturated heterocycles. The van der Waals surface area contributed by atoms with Crippen LogP contribution in [-0.2, 0) is 4.74 Å². The molecule has 1 heterocycles. The van der Waals surface area contributed by atoms with Crippen LogP contribution in [0.1, 0.15) is 25.6 Å². The van der Waals surface area contributed by atoms with Crippen molar-refractivity contribution in [2.75, 3.05) is 6.61 Å². The highest BCUT2D eigenvalue weighted by molar-refractivity contribution is 5.33. The van der Waals surface area contributed by atoms with Crippen LogP contribution in [0.5, 0.6) is 0 Å². The van der Waals surface area contributed by atoms with Gasteiger partial charge in [-0.05, 0) is 32.0 Å². The van der Waals surface area contributed by atoms with Gasteiger partial charge in [-0.1, -0.05) is 18.2 Å². The second-order valence-electron chi connectivity index (χ2n) is 4.60. The number of rotatable bonds is 6. The molecule has 0 radical (unpaired) electrons. The number of nitrogens with zero attached hydrogens (tertiary/aromatic N) is 2. The summed E-state index contributed by atoms with van der Waals surface area (Å²) in [6.07, 6.45) is 1.94. The number of hydrazine groups is 1. The van der Waals surface area contributed by atoms with E-state index in [-0.39, 0.29) is 12.1 Å². The number of nitrogens with one attached hydrogen (secondary N) is 1. The maximum atomic E-state index is 5.63. The zero-order valence-corrected chi connectivity index (χ0v) is 11.3. The first-order valence-corrected chi connectivity index (χ1v) is 6.39. The fourth-order valence-electron chi connectivity index (χ4n) is 1.87. The van der Waals surface area contributed by atoms with Gasteiger partial charge in [0.1, 0.15) is 0 Å². The Bertz CT molecular complexity index is 495. The van der Waals surface area contributed by atoms with Gasteiger partial charge in [-0.15, -0.1) is 0 Å². The number of aromatic nitrogens is 2. The maximum absolute atomic E-state index is 5.63. The van der Waals surface area contributed by atoms with Gasteiger partial charge in [-0.2, -0.15) is 5.10 Å². The molecule has 0 amide bonds. The van der Waals surface area contributed by atoms with Crippen molar-refractivity contribution in [1.29, 1.82) is 0 Å². The van der Waals surface area contributed by atoms with Crippen LogP contribution in [-0.4, -0.2) is 22.5 Å². The molecule has 0 aliphatic carbocycles. The van der Waals surface area contributed by atoms with E-state index in [2.05, 4.69) is 10.5 Å². The van der Waals surface area contributed by atoms with E-state index in [1.165, 1.54) is 0 Å². The molecule has 1 aromatic carbocycles. The van der Waals surface area contributed by atoms with Crippen LogP contribution in [0.15, 0.2) is 42.6 Å². The summed E-state index contributed by atoms with van der Waals surface area (Å²) in [6, 6.07) is 11.8. The highest BCUT2D eigenvalue weighted by atomic mass is 16.5. The van der Waals surface area contributed by atoms with Gasteiger partial charge in [-0.25, -0.2) is 10.1 Å². The number of benzene rings is 1. The second kappa shape index (κ2) is 6.47. The molecule has 19 heavy (non-hydrogen) atoms. The molecule has 2 rings (SSSR count). The third-order valence-corrected chi connectivity index (χ3v) is 2.83. The smallest absolute Gasteiger partial charge is 0.0866 e. The van der Waals surface area contributed by atoms with Gasteiger partial charge in [-0.3, -0.25) is 5.84 Å². The zero-order valence-electron chi connectivity index (χ0n) is 11.3. The molecule has 1 aromatic heterocycles. The Balaban J connectivity index is 2.22. The first-order chi connectivity index (χ1) is 9.22. The van der Waals surface area contributed by atoms with Crippen LogP contribution in [0.3, 0.4) is 0 Å². The number of ether oxygens (including phenoxy) is 1. The van der Waals surface area contributed by atoms with Crippen molar-refractivity contribution in [2.24, 2.45) is 5.84 Å². The van der Waals surface area contributed by atoms with Crippen molar-refractivity contribution in [1.82, 2.24) is 15.2 Å². The average molecular weight is 260 g/mol. The molecule has 0 aliphatic rings. The van der Waals surface area contributed by atoms with Gasteiger partial charge < -0.3 is 4.74 Å². The average Bonchev–Trinajstić information content (AvgIpc) is 2.89. The lowest BCUT2D eigenvalue weighted by molar-refractivity contribution is 0.0599. The summed E-state index contributed by atoms with van der Waals surface area (Å²) < 4.78 is 7.50. The summed E-state index contributed by atoms with van der Waals surface area (Å²) >= 11 is 0. The van der Waals surface area contributed by atoms with Gasteiger partial charge in [0.15, 0.2) is 0 Å². The van der Waals surface area contributed by atoms with E-state index >= 15 is 0 Å². The molecule has 0 aliphatic heterocycles. The van der Waals surface area contributed by atoms with E-state index in [4.69, 9.17) is 10.6 Å². The lowest BCUT2D eigenvalue weighted by Crippen LogP contribution is -2.33. The van der Waals surface area contributed by atoms with Crippen molar-refractivity contribution in [3.8, 4) is 5.69 Å².